The third-order valence-electron chi connectivity index (χ3n) is 3.27. The van der Waals surface area contributed by atoms with E-state index in [4.69, 9.17) is 0 Å². The molecule has 7 heteroatoms. The molecular weight excluding hydrogens is 304 g/mol. The van der Waals surface area contributed by atoms with Crippen LogP contribution in [-0.4, -0.2) is 26.3 Å². The number of ketones is 1. The molecule has 0 spiro atoms. The molecule has 0 saturated heterocycles. The van der Waals surface area contributed by atoms with E-state index >= 15 is 0 Å². The van der Waals surface area contributed by atoms with Gasteiger partial charge in [-0.05, 0) is 19.8 Å². The van der Waals surface area contributed by atoms with Crippen LogP contribution in [0.25, 0.3) is 0 Å². The van der Waals surface area contributed by atoms with Gasteiger partial charge >= 0.3 is 16.5 Å². The summed E-state index contributed by atoms with van der Waals surface area (Å²) in [4.78, 5) is 21.5. The van der Waals surface area contributed by atoms with Crippen molar-refractivity contribution in [3.63, 3.8) is 0 Å². The molecule has 1 fully saturated rings. The number of nitrogens with one attached hydrogen (secondary N) is 1. The van der Waals surface area contributed by atoms with Gasteiger partial charge in [0.05, 0.1) is 0 Å². The first-order valence-corrected chi connectivity index (χ1v) is 8.20. The summed E-state index contributed by atoms with van der Waals surface area (Å²) >= 11 is 0. The Hall–Kier alpha value is -2.02. The Morgan fingerprint density at radius 2 is 1.68 bits per heavy atom. The molecule has 0 unspecified atom stereocenters. The van der Waals surface area contributed by atoms with Crippen LogP contribution in [0, 0.1) is 0 Å². The third-order valence-corrected chi connectivity index (χ3v) is 3.59. The second-order valence-corrected chi connectivity index (χ2v) is 5.63. The van der Waals surface area contributed by atoms with E-state index in [9.17, 15) is 18.0 Å². The van der Waals surface area contributed by atoms with E-state index in [1.807, 2.05) is 30.3 Å². The number of nitrogens with zero attached hydrogens (tertiary/aromatic N) is 1. The van der Waals surface area contributed by atoms with E-state index in [1.54, 1.807) is 6.92 Å². The minimum atomic E-state index is -2.64. The van der Waals surface area contributed by atoms with Crippen molar-refractivity contribution in [1.82, 2.24) is 5.32 Å². The molecule has 1 aliphatic rings. The van der Waals surface area contributed by atoms with Gasteiger partial charge < -0.3 is 5.32 Å². The number of Topliss-reactive ketones (excluding diaryl/α,β-unsaturated/α-hetero) is 1. The number of hydrogen-bond donors (Lipinski definition) is 1. The summed E-state index contributed by atoms with van der Waals surface area (Å²) in [6.45, 7) is 1.56. The lowest BCUT2D eigenvalue weighted by molar-refractivity contribution is 0.101. The van der Waals surface area contributed by atoms with Gasteiger partial charge in [0, 0.05) is 11.6 Å². The SMILES string of the molecule is CC(=O)c1ccccc1.O=C(N=S(=O)=O)NC1CCCCC1. The molecule has 6 nitrogen and oxygen atoms in total. The van der Waals surface area contributed by atoms with Gasteiger partial charge in [-0.2, -0.15) is 8.42 Å². The van der Waals surface area contributed by atoms with Crippen LogP contribution >= 0.6 is 0 Å². The lowest BCUT2D eigenvalue weighted by Gasteiger charge is -2.20. The van der Waals surface area contributed by atoms with E-state index in [2.05, 4.69) is 9.68 Å². The number of rotatable bonds is 2. The monoisotopic (exact) mass is 324 g/mol. The van der Waals surface area contributed by atoms with Crippen molar-refractivity contribution >= 4 is 22.3 Å². The molecule has 0 aliphatic heterocycles. The molecule has 1 N–H and O–H groups in total. The molecule has 0 atom stereocenters. The number of hydrogen-bond acceptors (Lipinski definition) is 4. The van der Waals surface area contributed by atoms with Gasteiger partial charge in [0.2, 0.25) is 0 Å². The Morgan fingerprint density at radius 1 is 1.09 bits per heavy atom. The smallest absolute Gasteiger partial charge is 0.333 e. The summed E-state index contributed by atoms with van der Waals surface area (Å²) in [7, 11) is -2.64. The molecule has 0 bridgehead atoms. The quantitative estimate of drug-likeness (QED) is 0.846. The molecule has 120 valence electrons. The fourth-order valence-corrected chi connectivity index (χ4v) is 2.38. The van der Waals surface area contributed by atoms with E-state index in [-0.39, 0.29) is 11.8 Å². The van der Waals surface area contributed by atoms with Crippen LogP contribution in [0.15, 0.2) is 34.7 Å². The maximum Gasteiger partial charge on any atom is 0.356 e. The van der Waals surface area contributed by atoms with Gasteiger partial charge in [-0.15, -0.1) is 0 Å². The molecule has 2 rings (SSSR count). The molecule has 2 amide bonds. The number of urea groups is 1. The number of carbonyl (C=O) groups is 2. The Balaban J connectivity index is 0.000000235. The maximum absolute atomic E-state index is 10.9. The van der Waals surface area contributed by atoms with Crippen LogP contribution in [0.1, 0.15) is 49.4 Å². The van der Waals surface area contributed by atoms with Gasteiger partial charge in [-0.3, -0.25) is 4.79 Å². The Kier molecular flexibility index (Phi) is 8.06. The zero-order chi connectivity index (χ0) is 16.4. The fourth-order valence-electron chi connectivity index (χ4n) is 2.19. The van der Waals surface area contributed by atoms with Crippen molar-refractivity contribution < 1.29 is 18.0 Å². The normalized spacial score (nSPS) is 14.2. The topological polar surface area (TPSA) is 92.7 Å². The second-order valence-electron chi connectivity index (χ2n) is 5.02. The molecule has 0 radical (unpaired) electrons. The molecule has 22 heavy (non-hydrogen) atoms. The van der Waals surface area contributed by atoms with E-state index in [0.29, 0.717) is 0 Å². The van der Waals surface area contributed by atoms with Crippen LogP contribution in [-0.2, 0) is 10.5 Å². The maximum atomic E-state index is 10.9. The highest BCUT2D eigenvalue weighted by atomic mass is 32.2. The predicted octanol–water partition coefficient (Wildman–Crippen LogP) is 2.98. The Morgan fingerprint density at radius 3 is 2.14 bits per heavy atom. The lowest BCUT2D eigenvalue weighted by Crippen LogP contribution is -2.34. The van der Waals surface area contributed by atoms with E-state index in [1.165, 1.54) is 6.42 Å². The van der Waals surface area contributed by atoms with Crippen molar-refractivity contribution in [1.29, 1.82) is 0 Å². The molecule has 0 aromatic heterocycles. The van der Waals surface area contributed by atoms with Crippen molar-refractivity contribution in [2.24, 2.45) is 4.36 Å². The summed E-state index contributed by atoms with van der Waals surface area (Å²) in [5.41, 5.74) is 0.775. The lowest BCUT2D eigenvalue weighted by atomic mass is 9.96. The van der Waals surface area contributed by atoms with Crippen LogP contribution in [0.5, 0.6) is 0 Å². The summed E-state index contributed by atoms with van der Waals surface area (Å²) in [5, 5.41) is 2.55. The van der Waals surface area contributed by atoms with Crippen molar-refractivity contribution in [3.05, 3.63) is 35.9 Å². The Bertz CT molecular complexity index is 612. The average Bonchev–Trinajstić information content (AvgIpc) is 2.49. The standard InChI is InChI=1S/C8H8O.C7H12N2O3S/c1-7(9)8-5-3-2-4-6-8;10-7(9-13(11)12)8-6-4-2-1-3-5-6/h2-6H,1H3;6H,1-5H2,(H,8,10). The summed E-state index contributed by atoms with van der Waals surface area (Å²) in [5.74, 6) is 0.121. The first-order valence-electron chi connectivity index (χ1n) is 7.16. The highest BCUT2D eigenvalue weighted by molar-refractivity contribution is 7.62. The first kappa shape index (κ1) is 18.0. The van der Waals surface area contributed by atoms with Crippen LogP contribution in [0.3, 0.4) is 0 Å². The van der Waals surface area contributed by atoms with E-state index < -0.39 is 16.5 Å². The number of amides is 2. The number of carbonyl (C=O) groups excluding carboxylic acids is 2. The van der Waals surface area contributed by atoms with Crippen molar-refractivity contribution in [2.75, 3.05) is 0 Å². The third kappa shape index (κ3) is 7.68. The van der Waals surface area contributed by atoms with Crippen LogP contribution in [0.4, 0.5) is 4.79 Å². The highest BCUT2D eigenvalue weighted by Crippen LogP contribution is 2.17. The van der Waals surface area contributed by atoms with E-state index in [0.717, 1.165) is 31.2 Å². The van der Waals surface area contributed by atoms with Crippen LogP contribution < -0.4 is 5.32 Å². The van der Waals surface area contributed by atoms with Gasteiger partial charge in [0.15, 0.2) is 5.78 Å². The minimum absolute atomic E-state index is 0.105. The van der Waals surface area contributed by atoms with Crippen molar-refractivity contribution in [3.8, 4) is 0 Å². The molecule has 1 aromatic carbocycles. The zero-order valence-electron chi connectivity index (χ0n) is 12.5. The van der Waals surface area contributed by atoms with Gasteiger partial charge in [0.25, 0.3) is 0 Å². The Labute approximate surface area is 131 Å². The van der Waals surface area contributed by atoms with Crippen LogP contribution in [0.2, 0.25) is 0 Å². The minimum Gasteiger partial charge on any atom is -0.333 e. The molecule has 1 aromatic rings. The summed E-state index contributed by atoms with van der Waals surface area (Å²) in [6, 6.07) is 8.58. The summed E-state index contributed by atoms with van der Waals surface area (Å²) < 4.78 is 22.9. The zero-order valence-corrected chi connectivity index (χ0v) is 13.3. The first-order chi connectivity index (χ1) is 10.5. The largest absolute Gasteiger partial charge is 0.356 e. The van der Waals surface area contributed by atoms with Crippen molar-refractivity contribution in [2.45, 2.75) is 45.1 Å². The fraction of sp³-hybridized carbons (Fsp3) is 0.467. The average molecular weight is 324 g/mol. The predicted molar refractivity (Wildman–Crippen MR) is 83.2 cm³/mol. The highest BCUT2D eigenvalue weighted by Gasteiger charge is 2.14. The van der Waals surface area contributed by atoms with Gasteiger partial charge in [-0.1, -0.05) is 54.0 Å². The van der Waals surface area contributed by atoms with Gasteiger partial charge in [-0.25, -0.2) is 4.79 Å². The molecule has 1 saturated carbocycles. The molecular formula is C15H20N2O4S. The second kappa shape index (κ2) is 9.83. The molecule has 1 aliphatic carbocycles. The van der Waals surface area contributed by atoms with Gasteiger partial charge in [0.1, 0.15) is 0 Å². The summed E-state index contributed by atoms with van der Waals surface area (Å²) in [6.07, 6.45) is 5.22. The number of benzene rings is 1. The molecule has 0 heterocycles.